The number of β-amino-alcohol motifs (C(OH)–C–C–N with tert-alkyl or cyclic N) is 1. The number of thiazole rings is 1. The SMILES string of the molecule is Cc1ncsc1-c1ccc(CNC(=O)[C@@H]2C[C@@H](O)CN2C(=O)[C@@H](NC(=O)CN2CCN(CCOc3ccc(C(=O)N[C@H]4C(C)(C)[C@H](Oc5ccc(C#N)c(Cl)c5)C4(C)C)cc3)CC2)C(C)(C)C)cc1. The predicted octanol–water partition coefficient (Wildman–Crippen LogP) is 6.06. The maximum absolute atomic E-state index is 14.2. The summed E-state index contributed by atoms with van der Waals surface area (Å²) in [5, 5.41) is 29.4. The summed E-state index contributed by atoms with van der Waals surface area (Å²) in [6, 6.07) is 20.2. The third-order valence-electron chi connectivity index (χ3n) is 13.8. The number of aliphatic hydroxyl groups is 1. The summed E-state index contributed by atoms with van der Waals surface area (Å²) in [4.78, 5) is 65.8. The summed E-state index contributed by atoms with van der Waals surface area (Å²) in [6.45, 7) is 20.2. The van der Waals surface area contributed by atoms with Gasteiger partial charge in [0.2, 0.25) is 17.7 Å². The zero-order valence-electron chi connectivity index (χ0n) is 40.8. The summed E-state index contributed by atoms with van der Waals surface area (Å²) < 4.78 is 12.4. The number of rotatable bonds is 16. The minimum Gasteiger partial charge on any atom is -0.492 e. The molecule has 3 atom stereocenters. The Labute approximate surface area is 414 Å². The highest BCUT2D eigenvalue weighted by Crippen LogP contribution is 2.55. The summed E-state index contributed by atoms with van der Waals surface area (Å²) in [7, 11) is 0. The smallest absolute Gasteiger partial charge is 0.251 e. The molecule has 3 aliphatic rings. The Kier molecular flexibility index (Phi) is 15.8. The van der Waals surface area contributed by atoms with Crippen molar-refractivity contribution in [2.24, 2.45) is 16.2 Å². The van der Waals surface area contributed by atoms with Gasteiger partial charge < -0.3 is 35.4 Å². The van der Waals surface area contributed by atoms with Crippen molar-refractivity contribution in [3.8, 4) is 28.0 Å². The molecule has 3 aromatic carbocycles. The molecule has 7 rings (SSSR count). The molecule has 2 aliphatic heterocycles. The van der Waals surface area contributed by atoms with E-state index in [1.807, 2.05) is 57.5 Å². The fourth-order valence-electron chi connectivity index (χ4n) is 10.2. The number of aliphatic hydroxyl groups excluding tert-OH is 1. The molecule has 15 nitrogen and oxygen atoms in total. The Balaban J connectivity index is 0.825. The number of nitrogens with zero attached hydrogens (tertiary/aromatic N) is 5. The number of likely N-dealkylation sites (tertiary alicyclic amines) is 1. The highest BCUT2D eigenvalue weighted by molar-refractivity contribution is 7.13. The van der Waals surface area contributed by atoms with Crippen LogP contribution in [-0.2, 0) is 20.9 Å². The Morgan fingerprint density at radius 1 is 0.957 bits per heavy atom. The first-order chi connectivity index (χ1) is 32.6. The number of amides is 4. The summed E-state index contributed by atoms with van der Waals surface area (Å²) >= 11 is 7.83. The van der Waals surface area contributed by atoms with Crippen LogP contribution in [0.25, 0.3) is 10.4 Å². The average Bonchev–Trinajstić information content (AvgIpc) is 3.93. The molecule has 17 heteroatoms. The molecule has 2 saturated heterocycles. The topological polar surface area (TPSA) is 189 Å². The number of benzene rings is 3. The van der Waals surface area contributed by atoms with E-state index in [0.717, 1.165) is 34.8 Å². The van der Waals surface area contributed by atoms with E-state index in [2.05, 4.69) is 64.5 Å². The van der Waals surface area contributed by atoms with Crippen molar-refractivity contribution >= 4 is 46.6 Å². The zero-order valence-corrected chi connectivity index (χ0v) is 42.4. The Bertz CT molecular complexity index is 2510. The van der Waals surface area contributed by atoms with E-state index in [4.69, 9.17) is 21.1 Å². The van der Waals surface area contributed by atoms with E-state index in [1.54, 1.807) is 53.8 Å². The van der Waals surface area contributed by atoms with Gasteiger partial charge >= 0.3 is 0 Å². The van der Waals surface area contributed by atoms with Gasteiger partial charge in [-0.05, 0) is 59.9 Å². The molecule has 3 heterocycles. The molecule has 69 heavy (non-hydrogen) atoms. The molecular formula is C52H65ClN8O7S. The van der Waals surface area contributed by atoms with E-state index >= 15 is 0 Å². The highest BCUT2D eigenvalue weighted by atomic mass is 35.5. The Morgan fingerprint density at radius 3 is 2.22 bits per heavy atom. The Morgan fingerprint density at radius 2 is 1.61 bits per heavy atom. The van der Waals surface area contributed by atoms with Crippen LogP contribution < -0.4 is 25.4 Å². The number of carbonyl (C=O) groups excluding carboxylic acids is 4. The largest absolute Gasteiger partial charge is 0.492 e. The van der Waals surface area contributed by atoms with Crippen molar-refractivity contribution in [2.75, 3.05) is 52.4 Å². The van der Waals surface area contributed by atoms with Crippen molar-refractivity contribution < 1.29 is 33.8 Å². The maximum Gasteiger partial charge on any atom is 0.251 e. The number of piperazine rings is 1. The van der Waals surface area contributed by atoms with Gasteiger partial charge in [0, 0.05) is 80.7 Å². The van der Waals surface area contributed by atoms with Gasteiger partial charge in [-0.3, -0.25) is 29.0 Å². The second-order valence-electron chi connectivity index (χ2n) is 20.7. The molecular weight excluding hydrogens is 916 g/mol. The van der Waals surface area contributed by atoms with Crippen molar-refractivity contribution in [1.29, 1.82) is 5.26 Å². The number of carbonyl (C=O) groups is 4. The number of nitriles is 1. The lowest BCUT2D eigenvalue weighted by atomic mass is 9.49. The fraction of sp³-hybridized carbons (Fsp3) is 0.500. The summed E-state index contributed by atoms with van der Waals surface area (Å²) in [5.74, 6) is 0.0239. The van der Waals surface area contributed by atoms with E-state index in [-0.39, 0.29) is 66.8 Å². The van der Waals surface area contributed by atoms with Gasteiger partial charge in [-0.25, -0.2) is 4.98 Å². The van der Waals surface area contributed by atoms with Crippen molar-refractivity contribution in [3.63, 3.8) is 0 Å². The van der Waals surface area contributed by atoms with Crippen LogP contribution in [0.5, 0.6) is 11.5 Å². The lowest BCUT2D eigenvalue weighted by Gasteiger charge is -2.63. The number of halogens is 1. The normalized spacial score (nSPS) is 21.6. The van der Waals surface area contributed by atoms with E-state index in [0.29, 0.717) is 53.9 Å². The highest BCUT2D eigenvalue weighted by Gasteiger charge is 2.64. The second-order valence-corrected chi connectivity index (χ2v) is 22.0. The minimum absolute atomic E-state index is 0.00629. The number of hydrogen-bond acceptors (Lipinski definition) is 12. The predicted molar refractivity (Wildman–Crippen MR) is 266 cm³/mol. The number of aryl methyl sites for hydroxylation is 1. The molecule has 4 aromatic rings. The van der Waals surface area contributed by atoms with Crippen LogP contribution in [0.15, 0.2) is 72.2 Å². The first-order valence-corrected chi connectivity index (χ1v) is 24.8. The van der Waals surface area contributed by atoms with Crippen LogP contribution in [0.3, 0.4) is 0 Å². The molecule has 1 aromatic heterocycles. The molecule has 4 amide bonds. The number of nitrogens with one attached hydrogen (secondary N) is 3. The quantitative estimate of drug-likeness (QED) is 0.102. The van der Waals surface area contributed by atoms with Gasteiger partial charge in [0.25, 0.3) is 5.91 Å². The number of ether oxygens (including phenoxy) is 2. The molecule has 0 unspecified atom stereocenters. The monoisotopic (exact) mass is 980 g/mol. The summed E-state index contributed by atoms with van der Waals surface area (Å²) in [6.07, 6.45) is -0.956. The number of hydrogen-bond donors (Lipinski definition) is 4. The van der Waals surface area contributed by atoms with E-state index in [1.165, 1.54) is 4.90 Å². The minimum atomic E-state index is -0.909. The van der Waals surface area contributed by atoms with Crippen LogP contribution in [-0.4, -0.2) is 131 Å². The molecule has 0 spiro atoms. The third-order valence-corrected chi connectivity index (χ3v) is 15.1. The molecule has 368 valence electrons. The maximum atomic E-state index is 14.2. The van der Waals surface area contributed by atoms with Gasteiger partial charge in [0.15, 0.2) is 0 Å². The van der Waals surface area contributed by atoms with Crippen LogP contribution in [0.1, 0.15) is 82.1 Å². The second kappa shape index (κ2) is 21.2. The van der Waals surface area contributed by atoms with Gasteiger partial charge in [0.05, 0.1) is 39.3 Å². The van der Waals surface area contributed by atoms with Gasteiger partial charge in [-0.2, -0.15) is 5.26 Å². The molecule has 1 aliphatic carbocycles. The van der Waals surface area contributed by atoms with Gasteiger partial charge in [-0.15, -0.1) is 11.3 Å². The molecule has 1 saturated carbocycles. The first-order valence-electron chi connectivity index (χ1n) is 23.6. The van der Waals surface area contributed by atoms with Crippen LogP contribution in [0, 0.1) is 34.5 Å². The molecule has 4 N–H and O–H groups in total. The van der Waals surface area contributed by atoms with Crippen LogP contribution >= 0.6 is 22.9 Å². The van der Waals surface area contributed by atoms with E-state index < -0.39 is 29.5 Å². The fourth-order valence-corrected chi connectivity index (χ4v) is 11.2. The van der Waals surface area contributed by atoms with Crippen molar-refractivity contribution in [3.05, 3.63) is 99.6 Å². The summed E-state index contributed by atoms with van der Waals surface area (Å²) in [5.41, 5.74) is 4.21. The lowest BCUT2D eigenvalue weighted by molar-refractivity contribution is -0.164. The van der Waals surface area contributed by atoms with Gasteiger partial charge in [-0.1, -0.05) is 84.3 Å². The van der Waals surface area contributed by atoms with Crippen LogP contribution in [0.2, 0.25) is 5.02 Å². The molecule has 0 radical (unpaired) electrons. The molecule has 0 bridgehead atoms. The Hall–Kier alpha value is -5.57. The van der Waals surface area contributed by atoms with E-state index in [9.17, 15) is 29.5 Å². The standard InChI is InChI=1S/C52H65ClN8O7S/c1-32-43(69-31-56-32)34-11-9-33(10-12-34)28-55-46(65)41-25-37(62)29-61(41)47(66)44(50(2,3)4)57-42(63)30-60-21-19-59(20-22-60)23-24-67-38-16-13-35(14-17-38)45(64)58-48-51(5,6)49(52(48,7)8)68-39-18-15-36(27-54)40(53)26-39/h9-18,26,31,37,41,44,48-49,62H,19-25,28-30H2,1-8H3,(H,55,65)(H,57,63)(H,58,64)/t37-,41+,44-,48-,49-/m1/s1. The zero-order chi connectivity index (χ0) is 49.8. The van der Waals surface area contributed by atoms with Crippen molar-refractivity contribution in [2.45, 2.75) is 98.7 Å². The molecule has 3 fully saturated rings. The third kappa shape index (κ3) is 11.9. The van der Waals surface area contributed by atoms with Crippen LogP contribution in [0.4, 0.5) is 0 Å². The lowest BCUT2D eigenvalue weighted by Crippen LogP contribution is -2.74. The number of aromatic nitrogens is 1. The first kappa shape index (κ1) is 51.3. The average molecular weight is 982 g/mol. The van der Waals surface area contributed by atoms with Gasteiger partial charge in [0.1, 0.15) is 42.4 Å². The van der Waals surface area contributed by atoms with Crippen molar-refractivity contribution in [1.82, 2.24) is 35.6 Å².